The van der Waals surface area contributed by atoms with Crippen LogP contribution in [0.3, 0.4) is 0 Å². The molecule has 0 radical (unpaired) electrons. The minimum Gasteiger partial charge on any atom is -0.321 e. The number of nitrogens with zero attached hydrogens (tertiary/aromatic N) is 4. The molecule has 1 fully saturated rings. The van der Waals surface area contributed by atoms with Gasteiger partial charge in [0.05, 0.1) is 24.5 Å². The van der Waals surface area contributed by atoms with Crippen LogP contribution >= 0.6 is 0 Å². The Kier molecular flexibility index (Phi) is 3.69. The van der Waals surface area contributed by atoms with Gasteiger partial charge >= 0.3 is 6.03 Å². The molecule has 3 rings (SSSR count). The number of amides is 2. The highest BCUT2D eigenvalue weighted by Gasteiger charge is 2.40. The second-order valence-corrected chi connectivity index (χ2v) is 7.12. The molecule has 1 saturated heterocycles. The molecule has 5 nitrogen and oxygen atoms in total. The van der Waals surface area contributed by atoms with Crippen molar-refractivity contribution in [3.05, 3.63) is 36.7 Å². The van der Waals surface area contributed by atoms with Gasteiger partial charge in [-0.25, -0.2) is 4.79 Å². The smallest absolute Gasteiger partial charge is 0.321 e. The van der Waals surface area contributed by atoms with E-state index in [0.29, 0.717) is 18.8 Å². The van der Waals surface area contributed by atoms with Crippen LogP contribution in [-0.4, -0.2) is 35.0 Å². The number of pyridine rings is 1. The molecule has 1 aliphatic rings. The van der Waals surface area contributed by atoms with E-state index in [2.05, 4.69) is 31.8 Å². The average molecular weight is 308 g/mol. The van der Waals surface area contributed by atoms with E-state index in [-0.39, 0.29) is 11.4 Å². The lowest BCUT2D eigenvalue weighted by Gasteiger charge is -2.26. The molecule has 2 heterocycles. The molecule has 0 spiro atoms. The van der Waals surface area contributed by atoms with Gasteiger partial charge in [-0.05, 0) is 5.41 Å². The fourth-order valence-electron chi connectivity index (χ4n) is 3.02. The molecule has 5 heteroatoms. The average Bonchev–Trinajstić information content (AvgIpc) is 2.81. The first kappa shape index (κ1) is 15.3. The van der Waals surface area contributed by atoms with E-state index in [1.54, 1.807) is 22.2 Å². The van der Waals surface area contributed by atoms with Crippen molar-refractivity contribution in [2.24, 2.45) is 5.41 Å². The zero-order valence-corrected chi connectivity index (χ0v) is 13.7. The molecule has 23 heavy (non-hydrogen) atoms. The van der Waals surface area contributed by atoms with Gasteiger partial charge in [0.2, 0.25) is 0 Å². The van der Waals surface area contributed by atoms with Gasteiger partial charge in [0.1, 0.15) is 6.04 Å². The fraction of sp³-hybridized carbons (Fsp3) is 0.389. The largest absolute Gasteiger partial charge is 0.325 e. The normalized spacial score (nSPS) is 18.5. The van der Waals surface area contributed by atoms with Crippen molar-refractivity contribution < 1.29 is 4.79 Å². The Morgan fingerprint density at radius 1 is 1.30 bits per heavy atom. The highest BCUT2D eigenvalue weighted by Crippen LogP contribution is 2.32. The molecule has 118 valence electrons. The number of benzene rings is 1. The Labute approximate surface area is 136 Å². The summed E-state index contributed by atoms with van der Waals surface area (Å²) in [6.07, 6.45) is 3.44. The van der Waals surface area contributed by atoms with Gasteiger partial charge in [0, 0.05) is 23.5 Å². The van der Waals surface area contributed by atoms with Crippen LogP contribution in [-0.2, 0) is 0 Å². The maximum Gasteiger partial charge on any atom is 0.325 e. The van der Waals surface area contributed by atoms with Crippen molar-refractivity contribution in [3.63, 3.8) is 0 Å². The first-order chi connectivity index (χ1) is 10.9. The summed E-state index contributed by atoms with van der Waals surface area (Å²) in [6, 6.07) is 9.44. The molecule has 0 N–H and O–H groups in total. The molecule has 0 saturated carbocycles. The first-order valence-electron chi connectivity index (χ1n) is 7.71. The van der Waals surface area contributed by atoms with E-state index >= 15 is 0 Å². The Morgan fingerprint density at radius 2 is 2.04 bits per heavy atom. The molecule has 1 aromatic heterocycles. The zero-order chi connectivity index (χ0) is 16.6. The monoisotopic (exact) mass is 308 g/mol. The van der Waals surface area contributed by atoms with Crippen molar-refractivity contribution in [2.45, 2.75) is 26.8 Å². The van der Waals surface area contributed by atoms with E-state index in [1.807, 2.05) is 24.3 Å². The van der Waals surface area contributed by atoms with Crippen LogP contribution < -0.4 is 4.90 Å². The number of carbonyl (C=O) groups is 1. The lowest BCUT2D eigenvalue weighted by molar-refractivity contribution is 0.197. The van der Waals surface area contributed by atoms with Crippen molar-refractivity contribution in [1.29, 1.82) is 5.26 Å². The van der Waals surface area contributed by atoms with Crippen molar-refractivity contribution in [3.8, 4) is 6.07 Å². The van der Waals surface area contributed by atoms with Gasteiger partial charge in [-0.15, -0.1) is 0 Å². The first-order valence-corrected chi connectivity index (χ1v) is 7.71. The summed E-state index contributed by atoms with van der Waals surface area (Å²) in [4.78, 5) is 20.5. The number of hydrogen-bond donors (Lipinski definition) is 0. The predicted molar refractivity (Wildman–Crippen MR) is 90.0 cm³/mol. The highest BCUT2D eigenvalue weighted by molar-refractivity contribution is 6.04. The summed E-state index contributed by atoms with van der Waals surface area (Å²) in [5.41, 5.74) is 0.693. The molecule has 0 bridgehead atoms. The Bertz CT molecular complexity index is 782. The molecule has 0 aliphatic carbocycles. The number of hydrogen-bond acceptors (Lipinski definition) is 3. The van der Waals surface area contributed by atoms with Gasteiger partial charge in [-0.2, -0.15) is 5.26 Å². The van der Waals surface area contributed by atoms with Gasteiger partial charge in [0.15, 0.2) is 0 Å². The number of fused-ring (bicyclic) bond motifs is 1. The predicted octanol–water partition coefficient (Wildman–Crippen LogP) is 3.42. The van der Waals surface area contributed by atoms with Gasteiger partial charge in [-0.1, -0.05) is 45.0 Å². The number of nitriles is 1. The third-order valence-corrected chi connectivity index (χ3v) is 3.90. The summed E-state index contributed by atoms with van der Waals surface area (Å²) in [7, 11) is 0. The second kappa shape index (κ2) is 5.54. The van der Waals surface area contributed by atoms with Gasteiger partial charge in [0.25, 0.3) is 0 Å². The Morgan fingerprint density at radius 3 is 2.74 bits per heavy atom. The van der Waals surface area contributed by atoms with E-state index in [9.17, 15) is 10.1 Å². The quantitative estimate of drug-likeness (QED) is 0.854. The summed E-state index contributed by atoms with van der Waals surface area (Å²) >= 11 is 0. The van der Waals surface area contributed by atoms with Crippen LogP contribution in [0.5, 0.6) is 0 Å². The van der Waals surface area contributed by atoms with Gasteiger partial charge in [-0.3, -0.25) is 9.88 Å². The Hall–Kier alpha value is -2.61. The molecular weight excluding hydrogens is 288 g/mol. The summed E-state index contributed by atoms with van der Waals surface area (Å²) < 4.78 is 0. The second-order valence-electron chi connectivity index (χ2n) is 7.12. The summed E-state index contributed by atoms with van der Waals surface area (Å²) in [5, 5.41) is 11.4. The van der Waals surface area contributed by atoms with E-state index in [0.717, 1.165) is 10.8 Å². The maximum absolute atomic E-state index is 12.9. The fourth-order valence-corrected chi connectivity index (χ4v) is 3.02. The van der Waals surface area contributed by atoms with Crippen molar-refractivity contribution >= 4 is 22.5 Å². The minimum absolute atomic E-state index is 0.0112. The molecular formula is C18H20N4O. The lowest BCUT2D eigenvalue weighted by Crippen LogP contribution is -2.37. The number of carbonyl (C=O) groups excluding carboxylic acids is 1. The van der Waals surface area contributed by atoms with Crippen LogP contribution in [0, 0.1) is 16.7 Å². The lowest BCUT2D eigenvalue weighted by atomic mass is 9.96. The SMILES string of the molecule is CC(C)(C)CN1CC(C#N)N(c2cncc3ccccc23)C1=O. The van der Waals surface area contributed by atoms with Crippen LogP contribution in [0.25, 0.3) is 10.8 Å². The van der Waals surface area contributed by atoms with E-state index < -0.39 is 6.04 Å². The molecule has 1 aliphatic heterocycles. The zero-order valence-electron chi connectivity index (χ0n) is 13.7. The molecule has 1 atom stereocenters. The van der Waals surface area contributed by atoms with Crippen LogP contribution in [0.15, 0.2) is 36.7 Å². The van der Waals surface area contributed by atoms with Gasteiger partial charge < -0.3 is 4.90 Å². The number of rotatable bonds is 2. The van der Waals surface area contributed by atoms with Crippen LogP contribution in [0.4, 0.5) is 10.5 Å². The van der Waals surface area contributed by atoms with Crippen LogP contribution in [0.2, 0.25) is 0 Å². The van der Waals surface area contributed by atoms with Crippen LogP contribution in [0.1, 0.15) is 20.8 Å². The summed E-state index contributed by atoms with van der Waals surface area (Å²) in [5.74, 6) is 0. The topological polar surface area (TPSA) is 60.2 Å². The number of anilines is 1. The van der Waals surface area contributed by atoms with E-state index in [4.69, 9.17) is 0 Å². The summed E-state index contributed by atoms with van der Waals surface area (Å²) in [6.45, 7) is 7.31. The third kappa shape index (κ3) is 2.85. The van der Waals surface area contributed by atoms with E-state index in [1.165, 1.54) is 0 Å². The highest BCUT2D eigenvalue weighted by atomic mass is 16.2. The number of urea groups is 1. The molecule has 1 aromatic carbocycles. The van der Waals surface area contributed by atoms with Crippen molar-refractivity contribution in [1.82, 2.24) is 9.88 Å². The standard InChI is InChI=1S/C18H20N4O/c1-18(2,3)12-21-11-14(8-19)22(17(21)23)16-10-20-9-13-6-4-5-7-15(13)16/h4-7,9-10,14H,11-12H2,1-3H3. The third-order valence-electron chi connectivity index (χ3n) is 3.90. The molecule has 2 amide bonds. The molecule has 2 aromatic rings. The van der Waals surface area contributed by atoms with Crippen molar-refractivity contribution in [2.75, 3.05) is 18.0 Å². The maximum atomic E-state index is 12.9. The minimum atomic E-state index is -0.488. The number of aromatic nitrogens is 1. The molecule has 1 unspecified atom stereocenters. The Balaban J connectivity index is 2.03.